The molecule has 68 valence electrons. The molecule has 0 fully saturated rings. The average molecular weight is 194 g/mol. The smallest absolute Gasteiger partial charge is 0.0769 e. The molecule has 0 heterocycles. The summed E-state index contributed by atoms with van der Waals surface area (Å²) in [5.74, 6) is 0. The van der Waals surface area contributed by atoms with Crippen LogP contribution >= 0.6 is 11.6 Å². The third-order valence-corrected chi connectivity index (χ3v) is 2.63. The van der Waals surface area contributed by atoms with E-state index in [-0.39, 0.29) is 0 Å². The summed E-state index contributed by atoms with van der Waals surface area (Å²) in [6, 6.07) is 7.94. The van der Waals surface area contributed by atoms with E-state index in [1.54, 1.807) is 0 Å². The van der Waals surface area contributed by atoms with Crippen molar-refractivity contribution in [3.8, 4) is 6.07 Å². The second-order valence-corrected chi connectivity index (χ2v) is 4.06. The lowest BCUT2D eigenvalue weighted by Gasteiger charge is -2.18. The molecule has 0 amide bonds. The molecule has 0 aliphatic heterocycles. The summed E-state index contributed by atoms with van der Waals surface area (Å²) in [5, 5.41) is 9.69. The van der Waals surface area contributed by atoms with Crippen molar-refractivity contribution >= 4 is 11.6 Å². The van der Waals surface area contributed by atoms with Gasteiger partial charge in [0.15, 0.2) is 0 Å². The van der Waals surface area contributed by atoms with E-state index in [1.165, 1.54) is 0 Å². The lowest BCUT2D eigenvalue weighted by Crippen LogP contribution is -2.15. The van der Waals surface area contributed by atoms with Gasteiger partial charge in [0.1, 0.15) is 0 Å². The van der Waals surface area contributed by atoms with Crippen LogP contribution in [0.4, 0.5) is 0 Å². The van der Waals surface area contributed by atoms with Crippen molar-refractivity contribution in [1.82, 2.24) is 0 Å². The number of hydrogen-bond acceptors (Lipinski definition) is 1. The highest BCUT2D eigenvalue weighted by Crippen LogP contribution is 2.29. The fourth-order valence-corrected chi connectivity index (χ4v) is 1.52. The summed E-state index contributed by atoms with van der Waals surface area (Å²) in [5.41, 5.74) is 1.54. The van der Waals surface area contributed by atoms with E-state index in [9.17, 15) is 0 Å². The van der Waals surface area contributed by atoms with Crippen LogP contribution in [0.25, 0.3) is 0 Å². The van der Waals surface area contributed by atoms with E-state index in [2.05, 4.69) is 6.07 Å². The molecule has 0 saturated heterocycles. The van der Waals surface area contributed by atoms with Crippen molar-refractivity contribution < 1.29 is 0 Å². The quantitative estimate of drug-likeness (QED) is 0.670. The second kappa shape index (κ2) is 3.40. The van der Waals surface area contributed by atoms with E-state index in [0.29, 0.717) is 0 Å². The lowest BCUT2D eigenvalue weighted by molar-refractivity contribution is 0.681. The first-order valence-electron chi connectivity index (χ1n) is 4.16. The molecule has 1 aromatic rings. The number of halogens is 1. The maximum absolute atomic E-state index is 8.97. The van der Waals surface area contributed by atoms with Gasteiger partial charge in [0.25, 0.3) is 0 Å². The lowest BCUT2D eigenvalue weighted by atomic mass is 9.84. The minimum atomic E-state index is -0.463. The van der Waals surface area contributed by atoms with Crippen LogP contribution in [0.1, 0.15) is 25.0 Å². The summed E-state index contributed by atoms with van der Waals surface area (Å²) < 4.78 is 0. The van der Waals surface area contributed by atoms with Gasteiger partial charge in [-0.2, -0.15) is 5.26 Å². The Morgan fingerprint density at radius 3 is 2.54 bits per heavy atom. The average Bonchev–Trinajstić information content (AvgIpc) is 2.09. The number of rotatable bonds is 1. The van der Waals surface area contributed by atoms with Gasteiger partial charge in [-0.3, -0.25) is 0 Å². The SMILES string of the molecule is Cc1c(Cl)cccc1C(C)(C)C#N. The standard InChI is InChI=1S/C11H12ClN/c1-8-9(11(2,3)7-13)5-4-6-10(8)12/h4-6H,1-3H3. The minimum absolute atomic E-state index is 0.463. The van der Waals surface area contributed by atoms with E-state index in [0.717, 1.165) is 16.1 Å². The van der Waals surface area contributed by atoms with Gasteiger partial charge in [0.2, 0.25) is 0 Å². The first-order valence-corrected chi connectivity index (χ1v) is 4.53. The Balaban J connectivity index is 3.33. The molecule has 1 aromatic carbocycles. The zero-order valence-corrected chi connectivity index (χ0v) is 8.81. The highest BCUT2D eigenvalue weighted by molar-refractivity contribution is 6.31. The number of nitrogens with zero attached hydrogens (tertiary/aromatic N) is 1. The van der Waals surface area contributed by atoms with Crippen LogP contribution in [0.3, 0.4) is 0 Å². The molecule has 2 heteroatoms. The van der Waals surface area contributed by atoms with E-state index < -0.39 is 5.41 Å². The molecule has 1 rings (SSSR count). The van der Waals surface area contributed by atoms with Crippen molar-refractivity contribution in [2.75, 3.05) is 0 Å². The molecule has 0 atom stereocenters. The number of hydrogen-bond donors (Lipinski definition) is 0. The predicted molar refractivity (Wildman–Crippen MR) is 54.8 cm³/mol. The molecule has 0 aliphatic carbocycles. The third kappa shape index (κ3) is 1.84. The van der Waals surface area contributed by atoms with Gasteiger partial charge in [0.05, 0.1) is 11.5 Å². The molecule has 0 spiro atoms. The third-order valence-electron chi connectivity index (χ3n) is 2.22. The molecule has 13 heavy (non-hydrogen) atoms. The highest BCUT2D eigenvalue weighted by Gasteiger charge is 2.22. The molecule has 1 nitrogen and oxygen atoms in total. The van der Waals surface area contributed by atoms with Crippen molar-refractivity contribution in [2.45, 2.75) is 26.2 Å². The Labute approximate surface area is 84.0 Å². The van der Waals surface area contributed by atoms with Gasteiger partial charge in [-0.1, -0.05) is 23.7 Å². The van der Waals surface area contributed by atoms with Crippen LogP contribution in [0.2, 0.25) is 5.02 Å². The topological polar surface area (TPSA) is 23.8 Å². The normalized spacial score (nSPS) is 11.0. The summed E-state index contributed by atoms with van der Waals surface area (Å²) in [6.07, 6.45) is 0. The molecular weight excluding hydrogens is 182 g/mol. The van der Waals surface area contributed by atoms with Crippen LogP contribution in [-0.2, 0) is 5.41 Å². The highest BCUT2D eigenvalue weighted by atomic mass is 35.5. The van der Waals surface area contributed by atoms with E-state index in [1.807, 2.05) is 39.0 Å². The summed E-state index contributed by atoms with van der Waals surface area (Å²) in [4.78, 5) is 0. The van der Waals surface area contributed by atoms with Gasteiger partial charge in [-0.25, -0.2) is 0 Å². The molecule has 0 aliphatic rings. The number of nitriles is 1. The fraction of sp³-hybridized carbons (Fsp3) is 0.364. The van der Waals surface area contributed by atoms with Crippen molar-refractivity contribution in [1.29, 1.82) is 5.26 Å². The molecule has 0 bridgehead atoms. The Morgan fingerprint density at radius 2 is 2.00 bits per heavy atom. The second-order valence-electron chi connectivity index (χ2n) is 3.65. The Kier molecular flexibility index (Phi) is 2.63. The Hall–Kier alpha value is -1.00. The summed E-state index contributed by atoms with van der Waals surface area (Å²) >= 11 is 5.97. The van der Waals surface area contributed by atoms with E-state index >= 15 is 0 Å². The van der Waals surface area contributed by atoms with Crippen LogP contribution in [-0.4, -0.2) is 0 Å². The fourth-order valence-electron chi connectivity index (χ4n) is 1.34. The van der Waals surface area contributed by atoms with E-state index in [4.69, 9.17) is 16.9 Å². The number of benzene rings is 1. The predicted octanol–water partition coefficient (Wildman–Crippen LogP) is 3.45. The molecule has 0 N–H and O–H groups in total. The van der Waals surface area contributed by atoms with Crippen LogP contribution in [0.5, 0.6) is 0 Å². The van der Waals surface area contributed by atoms with Crippen molar-refractivity contribution in [3.63, 3.8) is 0 Å². The Bertz CT molecular complexity index is 361. The van der Waals surface area contributed by atoms with Crippen molar-refractivity contribution in [3.05, 3.63) is 34.3 Å². The first kappa shape index (κ1) is 10.1. The molecule has 0 aromatic heterocycles. The van der Waals surface area contributed by atoms with Crippen LogP contribution < -0.4 is 0 Å². The van der Waals surface area contributed by atoms with Gasteiger partial charge in [0, 0.05) is 5.02 Å². The summed E-state index contributed by atoms with van der Waals surface area (Å²) in [6.45, 7) is 5.73. The largest absolute Gasteiger partial charge is 0.197 e. The van der Waals surface area contributed by atoms with Gasteiger partial charge < -0.3 is 0 Å². The zero-order valence-electron chi connectivity index (χ0n) is 8.06. The molecular formula is C11H12ClN. The zero-order chi connectivity index (χ0) is 10.1. The van der Waals surface area contributed by atoms with Gasteiger partial charge in [-0.05, 0) is 38.0 Å². The van der Waals surface area contributed by atoms with Gasteiger partial charge >= 0.3 is 0 Å². The maximum Gasteiger partial charge on any atom is 0.0769 e. The first-order chi connectivity index (χ1) is 5.99. The molecule has 0 radical (unpaired) electrons. The minimum Gasteiger partial charge on any atom is -0.197 e. The van der Waals surface area contributed by atoms with Crippen LogP contribution in [0, 0.1) is 18.3 Å². The molecule has 0 unspecified atom stereocenters. The van der Waals surface area contributed by atoms with Crippen LogP contribution in [0.15, 0.2) is 18.2 Å². The Morgan fingerprint density at radius 1 is 1.38 bits per heavy atom. The van der Waals surface area contributed by atoms with Gasteiger partial charge in [-0.15, -0.1) is 0 Å². The monoisotopic (exact) mass is 193 g/mol. The maximum atomic E-state index is 8.97. The summed E-state index contributed by atoms with van der Waals surface area (Å²) in [7, 11) is 0. The molecule has 0 saturated carbocycles. The van der Waals surface area contributed by atoms with Crippen molar-refractivity contribution in [2.24, 2.45) is 0 Å².